The van der Waals surface area contributed by atoms with Crippen LogP contribution in [-0.2, 0) is 14.3 Å². The maximum atomic E-state index is 12.5. The molecule has 6 nitrogen and oxygen atoms in total. The number of carbonyl (C=O) groups excluding carboxylic acids is 2. The van der Waals surface area contributed by atoms with Crippen LogP contribution in [0.5, 0.6) is 5.75 Å². The number of halogens is 2. The van der Waals surface area contributed by atoms with Crippen molar-refractivity contribution < 1.29 is 19.1 Å². The lowest BCUT2D eigenvalue weighted by Crippen LogP contribution is -2.15. The number of anilines is 1. The molecule has 0 aliphatic rings. The molecule has 0 radical (unpaired) electrons. The van der Waals surface area contributed by atoms with Crippen molar-refractivity contribution in [2.75, 3.05) is 18.5 Å². The fraction of sp³-hybridized carbons (Fsp3) is 0.227. The first-order valence-electron chi connectivity index (χ1n) is 9.03. The average Bonchev–Trinajstić information content (AvgIpc) is 2.68. The highest BCUT2D eigenvalue weighted by atomic mass is 127. The summed E-state index contributed by atoms with van der Waals surface area (Å²) in [5, 5.41) is 12.2. The minimum absolute atomic E-state index is 0.0139. The number of carbonyl (C=O) groups is 2. The summed E-state index contributed by atoms with van der Waals surface area (Å²) >= 11 is 4.17. The van der Waals surface area contributed by atoms with E-state index in [1.54, 1.807) is 25.1 Å². The monoisotopic (exact) mass is 630 g/mol. The van der Waals surface area contributed by atoms with E-state index in [4.69, 9.17) is 9.47 Å². The first-order valence-corrected chi connectivity index (χ1v) is 11.2. The number of rotatable bonds is 7. The summed E-state index contributed by atoms with van der Waals surface area (Å²) in [6.45, 7) is 5.79. The largest absolute Gasteiger partial charge is 0.480 e. The molecule has 2 aromatic carbocycles. The van der Waals surface area contributed by atoms with Crippen molar-refractivity contribution >= 4 is 68.8 Å². The van der Waals surface area contributed by atoms with Gasteiger partial charge in [-0.15, -0.1) is 0 Å². The van der Waals surface area contributed by atoms with E-state index < -0.39 is 11.9 Å². The molecular formula is C22H20I2N2O4. The average molecular weight is 630 g/mol. The van der Waals surface area contributed by atoms with Gasteiger partial charge in [-0.1, -0.05) is 6.07 Å². The topological polar surface area (TPSA) is 88.4 Å². The summed E-state index contributed by atoms with van der Waals surface area (Å²) in [6, 6.07) is 11.1. The Morgan fingerprint density at radius 2 is 1.80 bits per heavy atom. The summed E-state index contributed by atoms with van der Waals surface area (Å²) in [6.07, 6.45) is 1.52. The van der Waals surface area contributed by atoms with Gasteiger partial charge < -0.3 is 14.8 Å². The van der Waals surface area contributed by atoms with E-state index in [2.05, 4.69) is 50.5 Å². The third-order valence-electron chi connectivity index (χ3n) is 4.10. The van der Waals surface area contributed by atoms with E-state index in [0.29, 0.717) is 23.6 Å². The third-order valence-corrected chi connectivity index (χ3v) is 5.70. The van der Waals surface area contributed by atoms with Crippen molar-refractivity contribution in [2.45, 2.75) is 20.8 Å². The van der Waals surface area contributed by atoms with Crippen LogP contribution in [0, 0.1) is 32.3 Å². The first kappa shape index (κ1) is 24.1. The van der Waals surface area contributed by atoms with E-state index >= 15 is 0 Å². The molecule has 0 heterocycles. The van der Waals surface area contributed by atoms with Gasteiger partial charge in [0.25, 0.3) is 5.91 Å². The molecule has 0 saturated carbocycles. The van der Waals surface area contributed by atoms with Crippen LogP contribution < -0.4 is 10.1 Å². The van der Waals surface area contributed by atoms with Crippen LogP contribution >= 0.6 is 45.2 Å². The zero-order chi connectivity index (χ0) is 22.3. The second-order valence-electron chi connectivity index (χ2n) is 6.33. The summed E-state index contributed by atoms with van der Waals surface area (Å²) < 4.78 is 11.9. The van der Waals surface area contributed by atoms with Crippen molar-refractivity contribution in [3.63, 3.8) is 0 Å². The SMILES string of the molecule is CCOC(=O)COc1c(I)cc(/C=C(\C#N)C(=O)Nc2ccc(C)c(C)c2)cc1I. The van der Waals surface area contributed by atoms with Gasteiger partial charge in [-0.25, -0.2) is 4.79 Å². The highest BCUT2D eigenvalue weighted by molar-refractivity contribution is 14.1. The molecule has 0 atom stereocenters. The van der Waals surface area contributed by atoms with Crippen LogP contribution in [0.4, 0.5) is 5.69 Å². The Kier molecular flexibility index (Phi) is 9.10. The van der Waals surface area contributed by atoms with Crippen LogP contribution in [0.3, 0.4) is 0 Å². The molecule has 0 fully saturated rings. The van der Waals surface area contributed by atoms with Gasteiger partial charge in [0.2, 0.25) is 0 Å². The Balaban J connectivity index is 2.20. The molecule has 0 bridgehead atoms. The molecule has 0 aliphatic carbocycles. The number of hydrogen-bond acceptors (Lipinski definition) is 5. The van der Waals surface area contributed by atoms with Crippen molar-refractivity contribution in [1.29, 1.82) is 5.26 Å². The second-order valence-corrected chi connectivity index (χ2v) is 8.65. The molecule has 2 rings (SSSR count). The lowest BCUT2D eigenvalue weighted by atomic mass is 10.1. The normalized spacial score (nSPS) is 10.9. The molecule has 0 unspecified atom stereocenters. The predicted molar refractivity (Wildman–Crippen MR) is 132 cm³/mol. The Bertz CT molecular complexity index is 1020. The van der Waals surface area contributed by atoms with Crippen molar-refractivity contribution in [1.82, 2.24) is 0 Å². The zero-order valence-corrected chi connectivity index (χ0v) is 21.0. The first-order chi connectivity index (χ1) is 14.2. The van der Waals surface area contributed by atoms with E-state index in [0.717, 1.165) is 18.3 Å². The number of benzene rings is 2. The standard InChI is InChI=1S/C22H20I2N2O4/c1-4-29-20(27)12-30-21-18(23)9-15(10-19(21)24)8-16(11-25)22(28)26-17-6-5-13(2)14(3)7-17/h5-10H,4,12H2,1-3H3,(H,26,28)/b16-8+. The third kappa shape index (κ3) is 6.70. The maximum Gasteiger partial charge on any atom is 0.344 e. The number of nitrogens with zero attached hydrogens (tertiary/aromatic N) is 1. The molecule has 156 valence electrons. The van der Waals surface area contributed by atoms with Gasteiger partial charge >= 0.3 is 5.97 Å². The molecule has 0 spiro atoms. The molecule has 1 amide bonds. The Morgan fingerprint density at radius 1 is 1.13 bits per heavy atom. The maximum absolute atomic E-state index is 12.5. The lowest BCUT2D eigenvalue weighted by Gasteiger charge is -2.11. The van der Waals surface area contributed by atoms with Crippen LogP contribution in [-0.4, -0.2) is 25.1 Å². The zero-order valence-electron chi connectivity index (χ0n) is 16.7. The highest BCUT2D eigenvalue weighted by Crippen LogP contribution is 2.30. The fourth-order valence-electron chi connectivity index (χ4n) is 2.47. The molecule has 0 aromatic heterocycles. The molecule has 8 heteroatoms. The minimum atomic E-state index is -0.478. The molecular weight excluding hydrogens is 610 g/mol. The van der Waals surface area contributed by atoms with Gasteiger partial charge in [-0.2, -0.15) is 5.26 Å². The van der Waals surface area contributed by atoms with Gasteiger partial charge in [0.1, 0.15) is 17.4 Å². The van der Waals surface area contributed by atoms with E-state index in [1.807, 2.05) is 32.0 Å². The number of esters is 1. The Morgan fingerprint density at radius 3 is 2.37 bits per heavy atom. The highest BCUT2D eigenvalue weighted by Gasteiger charge is 2.14. The number of nitrogens with one attached hydrogen (secondary N) is 1. The number of ether oxygens (including phenoxy) is 2. The summed E-state index contributed by atoms with van der Waals surface area (Å²) in [5.41, 5.74) is 3.48. The smallest absolute Gasteiger partial charge is 0.344 e. The van der Waals surface area contributed by atoms with Crippen molar-refractivity contribution in [2.24, 2.45) is 0 Å². The number of aryl methyl sites for hydroxylation is 2. The molecule has 30 heavy (non-hydrogen) atoms. The van der Waals surface area contributed by atoms with Gasteiger partial charge in [-0.3, -0.25) is 4.79 Å². The minimum Gasteiger partial charge on any atom is -0.480 e. The van der Waals surface area contributed by atoms with Crippen LogP contribution in [0.2, 0.25) is 0 Å². The van der Waals surface area contributed by atoms with Gasteiger partial charge in [-0.05, 0) is 113 Å². The number of amides is 1. The summed E-state index contributed by atoms with van der Waals surface area (Å²) in [7, 11) is 0. The molecule has 2 aromatic rings. The van der Waals surface area contributed by atoms with Crippen LogP contribution in [0.15, 0.2) is 35.9 Å². The Labute approximate surface area is 202 Å². The molecule has 0 aliphatic heterocycles. The fourth-order valence-corrected chi connectivity index (χ4v) is 4.60. The van der Waals surface area contributed by atoms with Gasteiger partial charge in [0.05, 0.1) is 13.7 Å². The van der Waals surface area contributed by atoms with Gasteiger partial charge in [0.15, 0.2) is 6.61 Å². The summed E-state index contributed by atoms with van der Waals surface area (Å²) in [5.74, 6) is -0.365. The quantitative estimate of drug-likeness (QED) is 0.202. The predicted octanol–water partition coefficient (Wildman–Crippen LogP) is 5.00. The van der Waals surface area contributed by atoms with Crippen molar-refractivity contribution in [3.8, 4) is 11.8 Å². The number of hydrogen-bond donors (Lipinski definition) is 1. The van der Waals surface area contributed by atoms with Crippen LogP contribution in [0.1, 0.15) is 23.6 Å². The molecule has 0 saturated heterocycles. The molecule has 1 N–H and O–H groups in total. The van der Waals surface area contributed by atoms with E-state index in [9.17, 15) is 14.9 Å². The Hall–Kier alpha value is -2.13. The van der Waals surface area contributed by atoms with E-state index in [-0.39, 0.29) is 12.2 Å². The van der Waals surface area contributed by atoms with Gasteiger partial charge in [0, 0.05) is 5.69 Å². The van der Waals surface area contributed by atoms with Crippen molar-refractivity contribution in [3.05, 3.63) is 59.7 Å². The number of nitriles is 1. The second kappa shape index (κ2) is 11.3. The summed E-state index contributed by atoms with van der Waals surface area (Å²) in [4.78, 5) is 24.1. The van der Waals surface area contributed by atoms with Crippen LogP contribution in [0.25, 0.3) is 6.08 Å². The lowest BCUT2D eigenvalue weighted by molar-refractivity contribution is -0.145. The van der Waals surface area contributed by atoms with E-state index in [1.165, 1.54) is 6.08 Å².